The smallest absolute Gasteiger partial charge is 0.251 e. The third-order valence-corrected chi connectivity index (χ3v) is 6.49. The molecule has 2 aliphatic heterocycles. The summed E-state index contributed by atoms with van der Waals surface area (Å²) in [4.78, 5) is 37.4. The molecule has 6 heteroatoms. The van der Waals surface area contributed by atoms with Crippen molar-refractivity contribution in [3.63, 3.8) is 0 Å². The second-order valence-electron chi connectivity index (χ2n) is 8.77. The van der Waals surface area contributed by atoms with Crippen LogP contribution in [-0.4, -0.2) is 57.8 Å². The molecule has 4 rings (SSSR count). The number of benzene rings is 1. The summed E-state index contributed by atoms with van der Waals surface area (Å²) in [5.41, 5.74) is 1.35. The number of anilines is 1. The Morgan fingerprint density at radius 2 is 1.77 bits per heavy atom. The summed E-state index contributed by atoms with van der Waals surface area (Å²) in [5, 5.41) is 0. The quantitative estimate of drug-likeness (QED) is 0.783. The molecule has 2 aliphatic rings. The van der Waals surface area contributed by atoms with Gasteiger partial charge < -0.3 is 14.7 Å². The Bertz CT molecular complexity index is 928. The molecule has 2 atom stereocenters. The standard InChI is InChI=1S/C24H30N4O2/c1-17(2)27-15-22(29)28(19(4)20-10-8-18(3)9-11-20)24(23(27)30)12-14-26(16-24)21-7-5-6-13-25-21/h5-11,13,17,19H,12,14-16H2,1-4H3/t19-,24?/m0/s1. The highest BCUT2D eigenvalue weighted by atomic mass is 16.2. The second kappa shape index (κ2) is 7.74. The van der Waals surface area contributed by atoms with Crippen LogP contribution in [0.2, 0.25) is 0 Å². The van der Waals surface area contributed by atoms with E-state index < -0.39 is 5.54 Å². The van der Waals surface area contributed by atoms with E-state index in [1.54, 1.807) is 11.1 Å². The highest BCUT2D eigenvalue weighted by Crippen LogP contribution is 2.40. The van der Waals surface area contributed by atoms with Gasteiger partial charge in [-0.05, 0) is 51.8 Å². The number of nitrogens with zero attached hydrogens (tertiary/aromatic N) is 4. The number of carbonyl (C=O) groups is 2. The average Bonchev–Trinajstić information content (AvgIpc) is 3.17. The Morgan fingerprint density at radius 3 is 2.40 bits per heavy atom. The van der Waals surface area contributed by atoms with Gasteiger partial charge >= 0.3 is 0 Å². The van der Waals surface area contributed by atoms with E-state index in [0.717, 1.165) is 11.4 Å². The van der Waals surface area contributed by atoms with Gasteiger partial charge in [-0.3, -0.25) is 9.59 Å². The predicted octanol–water partition coefficient (Wildman–Crippen LogP) is 3.18. The van der Waals surface area contributed by atoms with Crippen molar-refractivity contribution in [3.05, 3.63) is 59.8 Å². The SMILES string of the molecule is Cc1ccc([C@H](C)N2C(=O)CN(C(C)C)C(=O)C23CCN(c2ccccn2)C3)cc1. The van der Waals surface area contributed by atoms with Crippen molar-refractivity contribution in [2.24, 2.45) is 0 Å². The fraction of sp³-hybridized carbons (Fsp3) is 0.458. The van der Waals surface area contributed by atoms with Crippen LogP contribution < -0.4 is 4.90 Å². The summed E-state index contributed by atoms with van der Waals surface area (Å²) in [6.45, 7) is 9.33. The van der Waals surface area contributed by atoms with Gasteiger partial charge in [0.25, 0.3) is 5.91 Å². The minimum atomic E-state index is -0.874. The molecular formula is C24H30N4O2. The van der Waals surface area contributed by atoms with Crippen molar-refractivity contribution in [1.29, 1.82) is 0 Å². The zero-order chi connectivity index (χ0) is 21.5. The average molecular weight is 407 g/mol. The number of rotatable bonds is 4. The minimum Gasteiger partial charge on any atom is -0.354 e. The largest absolute Gasteiger partial charge is 0.354 e. The van der Waals surface area contributed by atoms with E-state index in [1.807, 2.05) is 50.8 Å². The molecule has 0 N–H and O–H groups in total. The molecule has 30 heavy (non-hydrogen) atoms. The Kier molecular flexibility index (Phi) is 5.26. The lowest BCUT2D eigenvalue weighted by Crippen LogP contribution is -2.70. The Hall–Kier alpha value is -2.89. The molecule has 3 heterocycles. The molecular weight excluding hydrogens is 376 g/mol. The van der Waals surface area contributed by atoms with Crippen LogP contribution >= 0.6 is 0 Å². The number of amides is 2. The van der Waals surface area contributed by atoms with Crippen molar-refractivity contribution in [3.8, 4) is 0 Å². The Morgan fingerprint density at radius 1 is 1.03 bits per heavy atom. The first-order valence-corrected chi connectivity index (χ1v) is 10.7. The van der Waals surface area contributed by atoms with E-state index in [0.29, 0.717) is 19.5 Å². The molecule has 1 spiro atoms. The maximum absolute atomic E-state index is 13.8. The zero-order valence-corrected chi connectivity index (χ0v) is 18.2. The van der Waals surface area contributed by atoms with Gasteiger partial charge in [-0.15, -0.1) is 0 Å². The highest BCUT2D eigenvalue weighted by Gasteiger charge is 2.57. The lowest BCUT2D eigenvalue weighted by Gasteiger charge is -2.51. The molecule has 1 aromatic heterocycles. The number of aromatic nitrogens is 1. The maximum atomic E-state index is 13.8. The molecule has 0 radical (unpaired) electrons. The molecule has 0 aliphatic carbocycles. The van der Waals surface area contributed by atoms with Crippen LogP contribution in [0.3, 0.4) is 0 Å². The third-order valence-electron chi connectivity index (χ3n) is 6.49. The molecule has 6 nitrogen and oxygen atoms in total. The number of pyridine rings is 1. The summed E-state index contributed by atoms with van der Waals surface area (Å²) < 4.78 is 0. The lowest BCUT2D eigenvalue weighted by atomic mass is 9.87. The van der Waals surface area contributed by atoms with Crippen LogP contribution in [0.5, 0.6) is 0 Å². The maximum Gasteiger partial charge on any atom is 0.251 e. The summed E-state index contributed by atoms with van der Waals surface area (Å²) >= 11 is 0. The van der Waals surface area contributed by atoms with Crippen molar-refractivity contribution in [2.45, 2.75) is 51.7 Å². The van der Waals surface area contributed by atoms with Crippen LogP contribution in [0.1, 0.15) is 44.4 Å². The predicted molar refractivity (Wildman–Crippen MR) is 117 cm³/mol. The van der Waals surface area contributed by atoms with E-state index in [2.05, 4.69) is 34.1 Å². The molecule has 2 saturated heterocycles. The highest BCUT2D eigenvalue weighted by molar-refractivity contribution is 5.99. The number of piperazine rings is 1. The molecule has 158 valence electrons. The molecule has 1 aromatic carbocycles. The summed E-state index contributed by atoms with van der Waals surface area (Å²) in [6.07, 6.45) is 2.37. The van der Waals surface area contributed by atoms with E-state index in [-0.39, 0.29) is 30.4 Å². The van der Waals surface area contributed by atoms with Crippen LogP contribution in [0, 0.1) is 6.92 Å². The second-order valence-corrected chi connectivity index (χ2v) is 8.77. The normalized spacial score (nSPS) is 23.0. The topological polar surface area (TPSA) is 56.8 Å². The molecule has 2 amide bonds. The molecule has 0 saturated carbocycles. The first-order chi connectivity index (χ1) is 14.3. The van der Waals surface area contributed by atoms with Crippen LogP contribution in [-0.2, 0) is 9.59 Å². The molecule has 1 unspecified atom stereocenters. The van der Waals surface area contributed by atoms with Gasteiger partial charge in [0.2, 0.25) is 5.91 Å². The Balaban J connectivity index is 1.74. The van der Waals surface area contributed by atoms with E-state index >= 15 is 0 Å². The van der Waals surface area contributed by atoms with Crippen molar-refractivity contribution < 1.29 is 9.59 Å². The molecule has 2 aromatic rings. The van der Waals surface area contributed by atoms with Gasteiger partial charge in [0, 0.05) is 18.8 Å². The fourth-order valence-electron chi connectivity index (χ4n) is 4.80. The zero-order valence-electron chi connectivity index (χ0n) is 18.2. The van der Waals surface area contributed by atoms with Gasteiger partial charge in [0.15, 0.2) is 0 Å². The van der Waals surface area contributed by atoms with Crippen LogP contribution in [0.4, 0.5) is 5.82 Å². The number of carbonyl (C=O) groups excluding carboxylic acids is 2. The van der Waals surface area contributed by atoms with Crippen LogP contribution in [0.25, 0.3) is 0 Å². The van der Waals surface area contributed by atoms with Gasteiger partial charge in [-0.2, -0.15) is 0 Å². The van der Waals surface area contributed by atoms with E-state index in [1.165, 1.54) is 5.56 Å². The monoisotopic (exact) mass is 406 g/mol. The number of aryl methyl sites for hydroxylation is 1. The Labute approximate surface area is 178 Å². The van der Waals surface area contributed by atoms with E-state index in [9.17, 15) is 9.59 Å². The fourth-order valence-corrected chi connectivity index (χ4v) is 4.80. The van der Waals surface area contributed by atoms with Gasteiger partial charge in [-0.25, -0.2) is 4.98 Å². The van der Waals surface area contributed by atoms with Crippen molar-refractivity contribution >= 4 is 17.6 Å². The first-order valence-electron chi connectivity index (χ1n) is 10.7. The number of hydrogen-bond donors (Lipinski definition) is 0. The van der Waals surface area contributed by atoms with Crippen molar-refractivity contribution in [1.82, 2.24) is 14.8 Å². The van der Waals surface area contributed by atoms with E-state index in [4.69, 9.17) is 0 Å². The van der Waals surface area contributed by atoms with Crippen molar-refractivity contribution in [2.75, 3.05) is 24.5 Å². The summed E-state index contributed by atoms with van der Waals surface area (Å²) in [5.74, 6) is 0.910. The lowest BCUT2D eigenvalue weighted by molar-refractivity contribution is -0.168. The molecule has 0 bridgehead atoms. The molecule has 2 fully saturated rings. The van der Waals surface area contributed by atoms with Gasteiger partial charge in [-0.1, -0.05) is 35.9 Å². The summed E-state index contributed by atoms with van der Waals surface area (Å²) in [6, 6.07) is 13.8. The third kappa shape index (κ3) is 3.34. The van der Waals surface area contributed by atoms with Crippen LogP contribution in [0.15, 0.2) is 48.7 Å². The minimum absolute atomic E-state index is 0.0132. The summed E-state index contributed by atoms with van der Waals surface area (Å²) in [7, 11) is 0. The first kappa shape index (κ1) is 20.4. The van der Waals surface area contributed by atoms with Gasteiger partial charge in [0.05, 0.1) is 12.6 Å². The van der Waals surface area contributed by atoms with Gasteiger partial charge in [0.1, 0.15) is 17.9 Å². The number of hydrogen-bond acceptors (Lipinski definition) is 4.